The van der Waals surface area contributed by atoms with Gasteiger partial charge in [0.2, 0.25) is 0 Å². The molecule has 0 spiro atoms. The number of anilines is 1. The molecule has 9 heteroatoms. The first kappa shape index (κ1) is 12.4. The summed E-state index contributed by atoms with van der Waals surface area (Å²) in [4.78, 5) is 15.5. The number of rotatable bonds is 3. The lowest BCUT2D eigenvalue weighted by atomic mass is 10.4. The summed E-state index contributed by atoms with van der Waals surface area (Å²) in [6.45, 7) is -1.76. The minimum atomic E-state index is -4.39. The molecule has 2 rings (SSSR count). The van der Waals surface area contributed by atoms with Gasteiger partial charge in [-0.2, -0.15) is 13.2 Å². The van der Waals surface area contributed by atoms with Crippen molar-refractivity contribution in [3.63, 3.8) is 0 Å². The van der Waals surface area contributed by atoms with Crippen LogP contribution in [0.4, 0.5) is 19.0 Å². The van der Waals surface area contributed by atoms with Gasteiger partial charge in [-0.25, -0.2) is 19.9 Å². The summed E-state index contributed by atoms with van der Waals surface area (Å²) in [6.07, 6.45) is -1.57. The molecule has 0 aliphatic rings. The standard InChI is InChI=1S/C9H8F3N5O/c10-9(11,12)4-18-3-5-16-7(13)6-8(17-5)15-2-1-14-6/h1-2H,3-4H2,(H2,13,15,16,17). The van der Waals surface area contributed by atoms with Crippen LogP contribution in [0, 0.1) is 0 Å². The van der Waals surface area contributed by atoms with Gasteiger partial charge in [0.05, 0.1) is 0 Å². The molecule has 0 fully saturated rings. The van der Waals surface area contributed by atoms with Gasteiger partial charge in [0, 0.05) is 12.4 Å². The highest BCUT2D eigenvalue weighted by atomic mass is 19.4. The van der Waals surface area contributed by atoms with Gasteiger partial charge in [-0.05, 0) is 0 Å². The van der Waals surface area contributed by atoms with Crippen LogP contribution in [-0.2, 0) is 11.3 Å². The van der Waals surface area contributed by atoms with E-state index >= 15 is 0 Å². The van der Waals surface area contributed by atoms with Crippen molar-refractivity contribution in [2.45, 2.75) is 12.8 Å². The molecule has 0 aromatic carbocycles. The molecule has 0 aliphatic carbocycles. The first-order chi connectivity index (χ1) is 8.46. The van der Waals surface area contributed by atoms with Crippen LogP contribution in [0.5, 0.6) is 0 Å². The molecular formula is C9H8F3N5O. The van der Waals surface area contributed by atoms with E-state index in [0.717, 1.165) is 0 Å². The van der Waals surface area contributed by atoms with E-state index in [-0.39, 0.29) is 17.3 Å². The van der Waals surface area contributed by atoms with E-state index < -0.39 is 19.4 Å². The van der Waals surface area contributed by atoms with Crippen LogP contribution in [0.3, 0.4) is 0 Å². The molecule has 0 atom stereocenters. The first-order valence-corrected chi connectivity index (χ1v) is 4.83. The Hall–Kier alpha value is -2.03. The fourth-order valence-electron chi connectivity index (χ4n) is 1.26. The molecule has 2 heterocycles. The molecule has 2 aromatic rings. The van der Waals surface area contributed by atoms with Gasteiger partial charge in [-0.3, -0.25) is 0 Å². The maximum Gasteiger partial charge on any atom is 0.411 e. The van der Waals surface area contributed by atoms with Crippen molar-refractivity contribution in [1.29, 1.82) is 0 Å². The zero-order valence-corrected chi connectivity index (χ0v) is 8.98. The monoisotopic (exact) mass is 259 g/mol. The average molecular weight is 259 g/mol. The highest BCUT2D eigenvalue weighted by molar-refractivity contribution is 5.80. The molecule has 2 N–H and O–H groups in total. The Bertz CT molecular complexity index is 559. The predicted molar refractivity (Wildman–Crippen MR) is 55.3 cm³/mol. The highest BCUT2D eigenvalue weighted by Gasteiger charge is 2.27. The number of hydrogen-bond acceptors (Lipinski definition) is 6. The number of nitrogens with two attached hydrogens (primary N) is 1. The summed E-state index contributed by atoms with van der Waals surface area (Å²) >= 11 is 0. The quantitative estimate of drug-likeness (QED) is 0.887. The Labute approximate surface area is 99.0 Å². The summed E-state index contributed by atoms with van der Waals surface area (Å²) in [6, 6.07) is 0. The van der Waals surface area contributed by atoms with E-state index in [1.165, 1.54) is 12.4 Å². The van der Waals surface area contributed by atoms with E-state index in [0.29, 0.717) is 5.52 Å². The molecule has 0 amide bonds. The van der Waals surface area contributed by atoms with Gasteiger partial charge in [-0.15, -0.1) is 0 Å². The fourth-order valence-corrected chi connectivity index (χ4v) is 1.26. The number of alkyl halides is 3. The Morgan fingerprint density at radius 3 is 2.61 bits per heavy atom. The van der Waals surface area contributed by atoms with Gasteiger partial charge < -0.3 is 10.5 Å². The molecule has 0 saturated heterocycles. The Balaban J connectivity index is 2.15. The van der Waals surface area contributed by atoms with Gasteiger partial charge >= 0.3 is 6.18 Å². The largest absolute Gasteiger partial charge is 0.411 e. The lowest BCUT2D eigenvalue weighted by Gasteiger charge is -2.07. The van der Waals surface area contributed by atoms with Crippen molar-refractivity contribution >= 4 is 17.0 Å². The molecule has 0 aliphatic heterocycles. The smallest absolute Gasteiger partial charge is 0.382 e. The molecule has 18 heavy (non-hydrogen) atoms. The van der Waals surface area contributed by atoms with E-state index in [4.69, 9.17) is 5.73 Å². The van der Waals surface area contributed by atoms with Crippen molar-refractivity contribution in [3.8, 4) is 0 Å². The first-order valence-electron chi connectivity index (χ1n) is 4.83. The number of aromatic nitrogens is 4. The summed E-state index contributed by atoms with van der Waals surface area (Å²) in [5.74, 6) is 0.0865. The zero-order chi connectivity index (χ0) is 13.2. The molecule has 0 radical (unpaired) electrons. The number of ether oxygens (including phenoxy) is 1. The van der Waals surface area contributed by atoms with Crippen molar-refractivity contribution < 1.29 is 17.9 Å². The number of halogens is 3. The lowest BCUT2D eigenvalue weighted by molar-refractivity contribution is -0.177. The van der Waals surface area contributed by atoms with Crippen LogP contribution in [0.1, 0.15) is 5.82 Å². The number of hydrogen-bond donors (Lipinski definition) is 1. The van der Waals surface area contributed by atoms with Crippen LogP contribution in [-0.4, -0.2) is 32.7 Å². The van der Waals surface area contributed by atoms with E-state index in [1.54, 1.807) is 0 Å². The van der Waals surface area contributed by atoms with Gasteiger partial charge in [0.25, 0.3) is 0 Å². The third-order valence-electron chi connectivity index (χ3n) is 1.90. The maximum atomic E-state index is 11.9. The van der Waals surface area contributed by atoms with Gasteiger partial charge in [0.1, 0.15) is 18.7 Å². The second kappa shape index (κ2) is 4.69. The van der Waals surface area contributed by atoms with Crippen molar-refractivity contribution in [3.05, 3.63) is 18.2 Å². The van der Waals surface area contributed by atoms with Crippen LogP contribution in [0.2, 0.25) is 0 Å². The van der Waals surface area contributed by atoms with E-state index in [1.807, 2.05) is 0 Å². The normalized spacial score (nSPS) is 11.9. The van der Waals surface area contributed by atoms with Crippen LogP contribution < -0.4 is 5.73 Å². The molecule has 0 saturated carbocycles. The summed E-state index contributed by atoms with van der Waals surface area (Å²) < 4.78 is 40.1. The van der Waals surface area contributed by atoms with Crippen molar-refractivity contribution in [1.82, 2.24) is 19.9 Å². The molecular weight excluding hydrogens is 251 g/mol. The highest BCUT2D eigenvalue weighted by Crippen LogP contribution is 2.16. The predicted octanol–water partition coefficient (Wildman–Crippen LogP) is 1.08. The van der Waals surface area contributed by atoms with E-state index in [9.17, 15) is 13.2 Å². The van der Waals surface area contributed by atoms with Crippen molar-refractivity contribution in [2.24, 2.45) is 0 Å². The average Bonchev–Trinajstić information content (AvgIpc) is 2.27. The summed E-state index contributed by atoms with van der Waals surface area (Å²) in [5.41, 5.74) is 6.10. The third-order valence-corrected chi connectivity index (χ3v) is 1.90. The number of nitrogen functional groups attached to an aromatic ring is 1. The molecule has 6 nitrogen and oxygen atoms in total. The zero-order valence-electron chi connectivity index (χ0n) is 8.98. The summed E-state index contributed by atoms with van der Waals surface area (Å²) in [7, 11) is 0. The molecule has 0 unspecified atom stereocenters. The SMILES string of the molecule is Nc1nc(COCC(F)(F)F)nc2nccnc12. The Morgan fingerprint density at radius 1 is 1.17 bits per heavy atom. The second-order valence-electron chi connectivity index (χ2n) is 3.36. The van der Waals surface area contributed by atoms with Crippen LogP contribution >= 0.6 is 0 Å². The summed E-state index contributed by atoms with van der Waals surface area (Å²) in [5, 5.41) is 0. The Morgan fingerprint density at radius 2 is 1.89 bits per heavy atom. The van der Waals surface area contributed by atoms with Gasteiger partial charge in [0.15, 0.2) is 17.3 Å². The van der Waals surface area contributed by atoms with Crippen LogP contribution in [0.25, 0.3) is 11.2 Å². The molecule has 2 aromatic heterocycles. The van der Waals surface area contributed by atoms with Gasteiger partial charge in [-0.1, -0.05) is 0 Å². The minimum Gasteiger partial charge on any atom is -0.382 e. The minimum absolute atomic E-state index is 0.0322. The van der Waals surface area contributed by atoms with Crippen molar-refractivity contribution in [2.75, 3.05) is 12.3 Å². The van der Waals surface area contributed by atoms with Crippen LogP contribution in [0.15, 0.2) is 12.4 Å². The number of fused-ring (bicyclic) bond motifs is 1. The Kier molecular flexibility index (Phi) is 3.24. The third kappa shape index (κ3) is 3.00. The fraction of sp³-hybridized carbons (Fsp3) is 0.333. The maximum absolute atomic E-state index is 11.9. The topological polar surface area (TPSA) is 86.8 Å². The molecule has 96 valence electrons. The van der Waals surface area contributed by atoms with E-state index in [2.05, 4.69) is 24.7 Å². The number of nitrogens with zero attached hydrogens (tertiary/aromatic N) is 4. The lowest BCUT2D eigenvalue weighted by Crippen LogP contribution is -2.17. The second-order valence-corrected chi connectivity index (χ2v) is 3.36. The molecule has 0 bridgehead atoms.